The molecule has 7 heteroatoms. The number of carbonyl (C=O) groups excluding carboxylic acids is 2. The number of benzene rings is 2. The van der Waals surface area contributed by atoms with Gasteiger partial charge in [-0.05, 0) is 94.6 Å². The van der Waals surface area contributed by atoms with Crippen LogP contribution in [0.4, 0.5) is 0 Å². The van der Waals surface area contributed by atoms with Gasteiger partial charge < -0.3 is 24.8 Å². The van der Waals surface area contributed by atoms with Crippen molar-refractivity contribution in [1.82, 2.24) is 10.2 Å². The van der Waals surface area contributed by atoms with Crippen LogP contribution in [0.1, 0.15) is 74.4 Å². The Morgan fingerprint density at radius 3 is 2.17 bits per heavy atom. The highest BCUT2D eigenvalue weighted by molar-refractivity contribution is 5.96. The number of methoxy groups -OCH3 is 1. The van der Waals surface area contributed by atoms with Gasteiger partial charge >= 0.3 is 0 Å². The maximum Gasteiger partial charge on any atom is 0.220 e. The van der Waals surface area contributed by atoms with Crippen LogP contribution in [-0.4, -0.2) is 60.6 Å². The highest BCUT2D eigenvalue weighted by atomic mass is 16.5. The van der Waals surface area contributed by atoms with Crippen LogP contribution in [0.3, 0.4) is 0 Å². The van der Waals surface area contributed by atoms with Gasteiger partial charge in [-0.2, -0.15) is 0 Å². The molecule has 0 aromatic heterocycles. The Morgan fingerprint density at radius 2 is 1.56 bits per heavy atom. The predicted molar refractivity (Wildman–Crippen MR) is 141 cm³/mol. The second-order valence-corrected chi connectivity index (χ2v) is 9.72. The highest BCUT2D eigenvalue weighted by Gasteiger charge is 2.26. The van der Waals surface area contributed by atoms with Gasteiger partial charge in [0.1, 0.15) is 17.6 Å². The minimum absolute atomic E-state index is 0.0633. The maximum absolute atomic E-state index is 12.7. The summed E-state index contributed by atoms with van der Waals surface area (Å²) in [7, 11) is 1.61. The molecule has 2 aromatic rings. The smallest absolute Gasteiger partial charge is 0.220 e. The van der Waals surface area contributed by atoms with E-state index in [1.165, 1.54) is 0 Å². The largest absolute Gasteiger partial charge is 0.497 e. The zero-order valence-electron chi connectivity index (χ0n) is 21.7. The van der Waals surface area contributed by atoms with Gasteiger partial charge in [-0.3, -0.25) is 9.59 Å². The van der Waals surface area contributed by atoms with Crippen molar-refractivity contribution in [2.24, 2.45) is 0 Å². The van der Waals surface area contributed by atoms with E-state index in [0.717, 1.165) is 43.0 Å². The molecule has 2 N–H and O–H groups in total. The number of ether oxygens (including phenoxy) is 2. The number of Topliss-reactive ketones (excluding diaryl/α,β-unsaturated/α-hetero) is 1. The SMILES string of the molecule is COc1ccc([C@@H](O)[C@@H](CN2CCCC2)NC(=O)CCCCC(=O)c2ccc(OC(C)C)cc2)cc1. The van der Waals surface area contributed by atoms with Gasteiger partial charge in [0.2, 0.25) is 5.91 Å². The Morgan fingerprint density at radius 1 is 0.944 bits per heavy atom. The lowest BCUT2D eigenvalue weighted by molar-refractivity contribution is -0.123. The van der Waals surface area contributed by atoms with Gasteiger partial charge in [-0.1, -0.05) is 12.1 Å². The summed E-state index contributed by atoms with van der Waals surface area (Å²) in [5, 5.41) is 14.1. The number of nitrogens with one attached hydrogen (secondary N) is 1. The minimum atomic E-state index is -0.815. The Balaban J connectivity index is 1.48. The van der Waals surface area contributed by atoms with Crippen molar-refractivity contribution >= 4 is 11.7 Å². The summed E-state index contributed by atoms with van der Waals surface area (Å²) >= 11 is 0. The molecule has 36 heavy (non-hydrogen) atoms. The first-order chi connectivity index (χ1) is 17.4. The second kappa shape index (κ2) is 14.0. The van der Waals surface area contributed by atoms with Crippen LogP contribution in [0, 0.1) is 0 Å². The fraction of sp³-hybridized carbons (Fsp3) is 0.517. The van der Waals surface area contributed by atoms with Crippen molar-refractivity contribution in [2.45, 2.75) is 70.6 Å². The number of amides is 1. The molecule has 2 aromatic carbocycles. The van der Waals surface area contributed by atoms with E-state index >= 15 is 0 Å². The van der Waals surface area contributed by atoms with Crippen LogP contribution in [0.2, 0.25) is 0 Å². The summed E-state index contributed by atoms with van der Waals surface area (Å²) < 4.78 is 10.8. The summed E-state index contributed by atoms with van der Waals surface area (Å²) in [5.74, 6) is 1.43. The molecule has 0 radical (unpaired) electrons. The Kier molecular flexibility index (Phi) is 10.8. The molecule has 196 valence electrons. The quantitative estimate of drug-likeness (QED) is 0.295. The molecule has 0 saturated carbocycles. The first-order valence-corrected chi connectivity index (χ1v) is 13.0. The molecule has 7 nitrogen and oxygen atoms in total. The van der Waals surface area contributed by atoms with Gasteiger partial charge in [-0.15, -0.1) is 0 Å². The number of hydrogen-bond donors (Lipinski definition) is 2. The lowest BCUT2D eigenvalue weighted by Crippen LogP contribution is -2.46. The summed E-state index contributed by atoms with van der Waals surface area (Å²) in [6, 6.07) is 14.1. The van der Waals surface area contributed by atoms with E-state index in [1.54, 1.807) is 19.2 Å². The van der Waals surface area contributed by atoms with Crippen molar-refractivity contribution in [3.8, 4) is 11.5 Å². The average Bonchev–Trinajstić information content (AvgIpc) is 3.39. The van der Waals surface area contributed by atoms with E-state index in [9.17, 15) is 14.7 Å². The normalized spacial score (nSPS) is 15.5. The molecule has 3 rings (SSSR count). The zero-order chi connectivity index (χ0) is 25.9. The number of likely N-dealkylation sites (tertiary alicyclic amines) is 1. The fourth-order valence-corrected chi connectivity index (χ4v) is 4.49. The number of rotatable bonds is 14. The number of unbranched alkanes of at least 4 members (excludes halogenated alkanes) is 1. The molecule has 1 saturated heterocycles. The number of ketones is 1. The Labute approximate surface area is 214 Å². The molecule has 0 aliphatic carbocycles. The van der Waals surface area contributed by atoms with Crippen molar-refractivity contribution in [3.63, 3.8) is 0 Å². The van der Waals surface area contributed by atoms with Crippen LogP contribution in [0.25, 0.3) is 0 Å². The van der Waals surface area contributed by atoms with E-state index < -0.39 is 12.1 Å². The average molecular weight is 497 g/mol. The second-order valence-electron chi connectivity index (χ2n) is 9.72. The number of aliphatic hydroxyl groups is 1. The van der Waals surface area contributed by atoms with Crippen molar-refractivity contribution < 1.29 is 24.2 Å². The predicted octanol–water partition coefficient (Wildman–Crippen LogP) is 4.54. The molecule has 1 fully saturated rings. The van der Waals surface area contributed by atoms with Gasteiger partial charge in [0, 0.05) is 24.9 Å². The van der Waals surface area contributed by atoms with E-state index in [1.807, 2.05) is 50.2 Å². The third-order valence-corrected chi connectivity index (χ3v) is 6.44. The van der Waals surface area contributed by atoms with Crippen molar-refractivity contribution in [3.05, 3.63) is 59.7 Å². The third kappa shape index (κ3) is 8.64. The van der Waals surface area contributed by atoms with Crippen LogP contribution in [0.15, 0.2) is 48.5 Å². The lowest BCUT2D eigenvalue weighted by Gasteiger charge is -2.29. The molecule has 0 spiro atoms. The van der Waals surface area contributed by atoms with Gasteiger partial charge in [0.25, 0.3) is 0 Å². The van der Waals surface area contributed by atoms with Crippen molar-refractivity contribution in [1.29, 1.82) is 0 Å². The van der Waals surface area contributed by atoms with Crippen LogP contribution < -0.4 is 14.8 Å². The number of aliphatic hydroxyl groups excluding tert-OH is 1. The van der Waals surface area contributed by atoms with E-state index in [2.05, 4.69) is 10.2 Å². The number of nitrogens with zero attached hydrogens (tertiary/aromatic N) is 1. The Bertz CT molecular complexity index is 953. The van der Waals surface area contributed by atoms with E-state index in [0.29, 0.717) is 37.8 Å². The fourth-order valence-electron chi connectivity index (χ4n) is 4.49. The molecule has 0 unspecified atom stereocenters. The topological polar surface area (TPSA) is 88.1 Å². The molecular weight excluding hydrogens is 456 g/mol. The number of hydrogen-bond acceptors (Lipinski definition) is 6. The number of carbonyl (C=O) groups is 2. The van der Waals surface area contributed by atoms with Crippen LogP contribution >= 0.6 is 0 Å². The van der Waals surface area contributed by atoms with Crippen LogP contribution in [-0.2, 0) is 4.79 Å². The maximum atomic E-state index is 12.7. The molecule has 1 aliphatic rings. The van der Waals surface area contributed by atoms with Gasteiger partial charge in [0.15, 0.2) is 5.78 Å². The standard InChI is InChI=1S/C29H40N2O5/c1-21(2)36-25-16-10-22(11-17-25)27(32)8-4-5-9-28(33)30-26(20-31-18-6-7-19-31)29(34)23-12-14-24(35-3)15-13-23/h10-17,21,26,29,34H,4-9,18-20H2,1-3H3,(H,30,33)/t26-,29-/m1/s1. The highest BCUT2D eigenvalue weighted by Crippen LogP contribution is 2.22. The third-order valence-electron chi connectivity index (χ3n) is 6.44. The first-order valence-electron chi connectivity index (χ1n) is 13.0. The monoisotopic (exact) mass is 496 g/mol. The summed E-state index contributed by atoms with van der Waals surface area (Å²) in [5.41, 5.74) is 1.40. The molecule has 2 atom stereocenters. The van der Waals surface area contributed by atoms with Gasteiger partial charge in [0.05, 0.1) is 19.3 Å². The van der Waals surface area contributed by atoms with Crippen molar-refractivity contribution in [2.75, 3.05) is 26.7 Å². The lowest BCUT2D eigenvalue weighted by atomic mass is 10.0. The summed E-state index contributed by atoms with van der Waals surface area (Å²) in [6.07, 6.45) is 3.51. The first kappa shape index (κ1) is 27.7. The van der Waals surface area contributed by atoms with E-state index in [-0.39, 0.29) is 17.8 Å². The Hall–Kier alpha value is -2.90. The summed E-state index contributed by atoms with van der Waals surface area (Å²) in [6.45, 7) is 6.49. The summed E-state index contributed by atoms with van der Waals surface area (Å²) in [4.78, 5) is 27.5. The van der Waals surface area contributed by atoms with Crippen LogP contribution in [0.5, 0.6) is 11.5 Å². The molecule has 1 amide bonds. The molecule has 1 heterocycles. The molecular formula is C29H40N2O5. The molecule has 0 bridgehead atoms. The van der Waals surface area contributed by atoms with Gasteiger partial charge in [-0.25, -0.2) is 0 Å². The minimum Gasteiger partial charge on any atom is -0.497 e. The molecule has 1 aliphatic heterocycles. The zero-order valence-corrected chi connectivity index (χ0v) is 21.7. The van der Waals surface area contributed by atoms with E-state index in [4.69, 9.17) is 9.47 Å².